The molecule has 96 valence electrons. The molecule has 4 nitrogen and oxygen atoms in total. The second kappa shape index (κ2) is 5.40. The van der Waals surface area contributed by atoms with E-state index in [0.717, 1.165) is 17.6 Å². The number of halogens is 1. The minimum atomic E-state index is 0.830. The highest BCUT2D eigenvalue weighted by Gasteiger charge is 2.02. The summed E-state index contributed by atoms with van der Waals surface area (Å²) in [6.45, 7) is 1.66. The van der Waals surface area contributed by atoms with Gasteiger partial charge in [-0.05, 0) is 23.3 Å². The van der Waals surface area contributed by atoms with E-state index < -0.39 is 0 Å². The molecule has 19 heavy (non-hydrogen) atoms. The predicted molar refractivity (Wildman–Crippen MR) is 76.8 cm³/mol. The van der Waals surface area contributed by atoms with Crippen LogP contribution in [0.25, 0.3) is 0 Å². The van der Waals surface area contributed by atoms with E-state index in [1.54, 1.807) is 12.4 Å². The minimum Gasteiger partial charge on any atom is -0.333 e. The average molecular weight is 317 g/mol. The first-order valence-electron chi connectivity index (χ1n) is 5.99. The van der Waals surface area contributed by atoms with Gasteiger partial charge in [-0.25, -0.2) is 9.97 Å². The molecular weight excluding hydrogens is 304 g/mol. The van der Waals surface area contributed by atoms with Crippen LogP contribution in [0, 0.1) is 0 Å². The summed E-state index contributed by atoms with van der Waals surface area (Å²) < 4.78 is 5.21. The third kappa shape index (κ3) is 3.12. The maximum absolute atomic E-state index is 4.06. The molecule has 0 fully saturated rings. The third-order valence-corrected chi connectivity index (χ3v) is 3.32. The van der Waals surface area contributed by atoms with Gasteiger partial charge in [0, 0.05) is 42.3 Å². The zero-order chi connectivity index (χ0) is 13.1. The molecule has 0 saturated carbocycles. The Hall–Kier alpha value is -1.88. The Kier molecular flexibility index (Phi) is 3.46. The van der Waals surface area contributed by atoms with Gasteiger partial charge in [-0.15, -0.1) is 0 Å². The van der Waals surface area contributed by atoms with Crippen molar-refractivity contribution in [2.75, 3.05) is 0 Å². The normalized spacial score (nSPS) is 10.8. The van der Waals surface area contributed by atoms with Crippen LogP contribution in [0.1, 0.15) is 11.1 Å². The van der Waals surface area contributed by atoms with Crippen LogP contribution in [0.5, 0.6) is 0 Å². The van der Waals surface area contributed by atoms with E-state index in [2.05, 4.69) is 53.2 Å². The molecule has 0 aliphatic carbocycles. The summed E-state index contributed by atoms with van der Waals surface area (Å²) in [7, 11) is 0. The van der Waals surface area contributed by atoms with Crippen LogP contribution in [0.3, 0.4) is 0 Å². The lowest BCUT2D eigenvalue weighted by Gasteiger charge is -2.08. The quantitative estimate of drug-likeness (QED) is 0.742. The molecule has 0 unspecified atom stereocenters. The number of aromatic nitrogens is 4. The smallest absolute Gasteiger partial charge is 0.0949 e. The minimum absolute atomic E-state index is 0.830. The highest BCUT2D eigenvalue weighted by Crippen LogP contribution is 2.17. The first kappa shape index (κ1) is 12.2. The van der Waals surface area contributed by atoms with E-state index in [1.807, 2.05) is 25.0 Å². The Balaban J connectivity index is 1.83. The zero-order valence-electron chi connectivity index (χ0n) is 10.3. The monoisotopic (exact) mass is 316 g/mol. The average Bonchev–Trinajstić information content (AvgIpc) is 3.01. The van der Waals surface area contributed by atoms with Crippen molar-refractivity contribution < 1.29 is 0 Å². The first-order chi connectivity index (χ1) is 9.29. The van der Waals surface area contributed by atoms with E-state index in [1.165, 1.54) is 11.1 Å². The molecule has 0 saturated heterocycles. The molecule has 3 rings (SSSR count). The number of nitrogens with zero attached hydrogens (tertiary/aromatic N) is 4. The fourth-order valence-electron chi connectivity index (χ4n) is 2.08. The molecule has 0 amide bonds. The first-order valence-corrected chi connectivity index (χ1v) is 6.79. The fourth-order valence-corrected chi connectivity index (χ4v) is 2.67. The van der Waals surface area contributed by atoms with Gasteiger partial charge >= 0.3 is 0 Å². The molecule has 2 heterocycles. The van der Waals surface area contributed by atoms with Gasteiger partial charge in [-0.2, -0.15) is 0 Å². The second-order valence-corrected chi connectivity index (χ2v) is 5.35. The molecule has 0 aliphatic rings. The van der Waals surface area contributed by atoms with Crippen molar-refractivity contribution in [1.82, 2.24) is 19.1 Å². The molecule has 0 aliphatic heterocycles. The second-order valence-electron chi connectivity index (χ2n) is 4.44. The van der Waals surface area contributed by atoms with Crippen molar-refractivity contribution >= 4 is 15.9 Å². The summed E-state index contributed by atoms with van der Waals surface area (Å²) in [5.41, 5.74) is 2.50. The number of hydrogen-bond acceptors (Lipinski definition) is 2. The van der Waals surface area contributed by atoms with Gasteiger partial charge in [0.1, 0.15) is 0 Å². The van der Waals surface area contributed by atoms with Crippen molar-refractivity contribution in [3.63, 3.8) is 0 Å². The Morgan fingerprint density at radius 2 is 1.37 bits per heavy atom. The molecule has 0 atom stereocenters. The lowest BCUT2D eigenvalue weighted by atomic mass is 10.1. The van der Waals surface area contributed by atoms with Gasteiger partial charge < -0.3 is 9.13 Å². The van der Waals surface area contributed by atoms with Crippen LogP contribution in [-0.4, -0.2) is 19.1 Å². The van der Waals surface area contributed by atoms with E-state index in [-0.39, 0.29) is 0 Å². The Bertz CT molecular complexity index is 590. The lowest BCUT2D eigenvalue weighted by Crippen LogP contribution is -2.00. The van der Waals surface area contributed by atoms with Gasteiger partial charge in [0.2, 0.25) is 0 Å². The van der Waals surface area contributed by atoms with E-state index in [4.69, 9.17) is 0 Å². The molecular formula is C14H13BrN4. The highest BCUT2D eigenvalue weighted by molar-refractivity contribution is 9.10. The summed E-state index contributed by atoms with van der Waals surface area (Å²) >= 11 is 3.57. The Morgan fingerprint density at radius 1 is 0.842 bits per heavy atom. The summed E-state index contributed by atoms with van der Waals surface area (Å²) in [4.78, 5) is 8.13. The molecule has 0 N–H and O–H groups in total. The van der Waals surface area contributed by atoms with Gasteiger partial charge in [0.05, 0.1) is 12.7 Å². The van der Waals surface area contributed by atoms with Crippen LogP contribution in [0.4, 0.5) is 0 Å². The number of benzene rings is 1. The Morgan fingerprint density at radius 3 is 1.79 bits per heavy atom. The summed E-state index contributed by atoms with van der Waals surface area (Å²) in [6, 6.07) is 6.49. The molecule has 1 aromatic carbocycles. The fraction of sp³-hybridized carbons (Fsp3) is 0.143. The maximum atomic E-state index is 4.06. The van der Waals surface area contributed by atoms with Crippen LogP contribution in [0.15, 0.2) is 60.1 Å². The van der Waals surface area contributed by atoms with E-state index >= 15 is 0 Å². The molecule has 0 spiro atoms. The van der Waals surface area contributed by atoms with Gasteiger partial charge in [-0.1, -0.05) is 22.0 Å². The van der Waals surface area contributed by atoms with Crippen LogP contribution in [0.2, 0.25) is 0 Å². The predicted octanol–water partition coefficient (Wildman–Crippen LogP) is 2.94. The van der Waals surface area contributed by atoms with Crippen LogP contribution < -0.4 is 0 Å². The third-order valence-electron chi connectivity index (χ3n) is 2.87. The van der Waals surface area contributed by atoms with E-state index in [9.17, 15) is 0 Å². The molecule has 5 heteroatoms. The van der Waals surface area contributed by atoms with E-state index in [0.29, 0.717) is 0 Å². The number of rotatable bonds is 4. The highest BCUT2D eigenvalue weighted by atomic mass is 79.9. The van der Waals surface area contributed by atoms with Crippen molar-refractivity contribution in [3.8, 4) is 0 Å². The number of hydrogen-bond donors (Lipinski definition) is 0. The van der Waals surface area contributed by atoms with Gasteiger partial charge in [-0.3, -0.25) is 0 Å². The molecule has 0 bridgehead atoms. The topological polar surface area (TPSA) is 35.6 Å². The van der Waals surface area contributed by atoms with Gasteiger partial charge in [0.15, 0.2) is 0 Å². The Labute approximate surface area is 119 Å². The van der Waals surface area contributed by atoms with Crippen LogP contribution in [-0.2, 0) is 13.1 Å². The zero-order valence-corrected chi connectivity index (χ0v) is 11.9. The number of imidazole rings is 2. The lowest BCUT2D eigenvalue weighted by molar-refractivity contribution is 0.777. The summed E-state index contributed by atoms with van der Waals surface area (Å²) in [6.07, 6.45) is 11.2. The van der Waals surface area contributed by atoms with Crippen LogP contribution >= 0.6 is 15.9 Å². The molecule has 3 aromatic rings. The van der Waals surface area contributed by atoms with Gasteiger partial charge in [0.25, 0.3) is 0 Å². The van der Waals surface area contributed by atoms with Crippen molar-refractivity contribution in [2.45, 2.75) is 13.1 Å². The summed E-state index contributed by atoms with van der Waals surface area (Å²) in [5.74, 6) is 0. The largest absolute Gasteiger partial charge is 0.333 e. The van der Waals surface area contributed by atoms with Crippen molar-refractivity contribution in [1.29, 1.82) is 0 Å². The standard InChI is InChI=1S/C14H13BrN4/c15-14-6-12(8-18-3-1-16-10-18)5-13(7-14)9-19-4-2-17-11-19/h1-7,10-11H,8-9H2. The maximum Gasteiger partial charge on any atom is 0.0949 e. The summed E-state index contributed by atoms with van der Waals surface area (Å²) in [5, 5.41) is 0. The molecule has 0 radical (unpaired) electrons. The van der Waals surface area contributed by atoms with Crippen molar-refractivity contribution in [2.24, 2.45) is 0 Å². The SMILES string of the molecule is Brc1cc(Cn2ccnc2)cc(Cn2ccnc2)c1. The van der Waals surface area contributed by atoms with Crippen molar-refractivity contribution in [3.05, 3.63) is 71.2 Å². The molecule has 2 aromatic heterocycles.